The lowest BCUT2D eigenvalue weighted by Crippen LogP contribution is -2.28. The van der Waals surface area contributed by atoms with Gasteiger partial charge in [-0.15, -0.1) is 0 Å². The average Bonchev–Trinajstić information content (AvgIpc) is 3.15. The fourth-order valence-electron chi connectivity index (χ4n) is 3.51. The van der Waals surface area contributed by atoms with Crippen LogP contribution in [0.1, 0.15) is 28.9 Å². The molecule has 4 heteroatoms. The zero-order valence-electron chi connectivity index (χ0n) is 14.1. The molecule has 0 spiro atoms. The van der Waals surface area contributed by atoms with Gasteiger partial charge >= 0.3 is 0 Å². The van der Waals surface area contributed by atoms with Crippen molar-refractivity contribution in [3.05, 3.63) is 65.6 Å². The number of aromatic nitrogens is 1. The second kappa shape index (κ2) is 6.28. The molecule has 0 bridgehead atoms. The Hall–Kier alpha value is -2.75. The Kier molecular flexibility index (Phi) is 3.96. The minimum atomic E-state index is -0.266. The first-order valence-corrected chi connectivity index (χ1v) is 8.59. The number of likely N-dealkylation sites (tertiary alicyclic amines) is 1. The number of carbonyl (C=O) groups excluding carboxylic acids is 1. The molecule has 4 rings (SSSR count). The first-order chi connectivity index (χ1) is 12.1. The van der Waals surface area contributed by atoms with E-state index in [-0.39, 0.29) is 11.7 Å². The summed E-state index contributed by atoms with van der Waals surface area (Å²) in [6, 6.07) is 14.1. The van der Waals surface area contributed by atoms with Gasteiger partial charge in [-0.25, -0.2) is 4.39 Å². The zero-order valence-corrected chi connectivity index (χ0v) is 14.1. The molecule has 0 aliphatic carbocycles. The molecule has 1 amide bonds. The van der Waals surface area contributed by atoms with E-state index in [1.807, 2.05) is 36.1 Å². The number of para-hydroxylation sites is 1. The van der Waals surface area contributed by atoms with Gasteiger partial charge in [0, 0.05) is 29.7 Å². The number of aryl methyl sites for hydroxylation is 1. The van der Waals surface area contributed by atoms with E-state index < -0.39 is 0 Å². The summed E-state index contributed by atoms with van der Waals surface area (Å²) in [6.45, 7) is 3.54. The van der Waals surface area contributed by atoms with Crippen molar-refractivity contribution in [3.8, 4) is 11.1 Å². The van der Waals surface area contributed by atoms with Crippen molar-refractivity contribution in [2.24, 2.45) is 0 Å². The van der Waals surface area contributed by atoms with Crippen molar-refractivity contribution in [2.75, 3.05) is 13.1 Å². The third kappa shape index (κ3) is 2.88. The van der Waals surface area contributed by atoms with Crippen molar-refractivity contribution in [1.29, 1.82) is 0 Å². The highest BCUT2D eigenvalue weighted by molar-refractivity contribution is 6.09. The van der Waals surface area contributed by atoms with Gasteiger partial charge < -0.3 is 4.90 Å². The number of hydrogen-bond acceptors (Lipinski definition) is 2. The van der Waals surface area contributed by atoms with Crippen molar-refractivity contribution in [2.45, 2.75) is 19.8 Å². The summed E-state index contributed by atoms with van der Waals surface area (Å²) in [5.41, 5.74) is 4.11. The number of nitrogens with zero attached hydrogens (tertiary/aromatic N) is 2. The van der Waals surface area contributed by atoms with Gasteiger partial charge in [0.05, 0.1) is 11.1 Å². The monoisotopic (exact) mass is 334 g/mol. The van der Waals surface area contributed by atoms with Crippen LogP contribution in [0.25, 0.3) is 22.0 Å². The number of carbonyl (C=O) groups is 1. The number of pyridine rings is 1. The van der Waals surface area contributed by atoms with Gasteiger partial charge in [-0.2, -0.15) is 0 Å². The van der Waals surface area contributed by atoms with Crippen molar-refractivity contribution >= 4 is 16.8 Å². The summed E-state index contributed by atoms with van der Waals surface area (Å²) < 4.78 is 13.3. The lowest BCUT2D eigenvalue weighted by Gasteiger charge is -2.18. The molecule has 0 radical (unpaired) electrons. The quantitative estimate of drug-likeness (QED) is 0.687. The standard InChI is InChI=1S/C21H19FN2O/c1-14-13-19(21(25)24-11-2-3-12-24)18-6-4-5-17(20(18)23-14)15-7-9-16(22)10-8-15/h4-10,13H,2-3,11-12H2,1H3. The van der Waals surface area contributed by atoms with E-state index in [2.05, 4.69) is 4.98 Å². The molecule has 25 heavy (non-hydrogen) atoms. The number of rotatable bonds is 2. The van der Waals surface area contributed by atoms with Gasteiger partial charge in [0.2, 0.25) is 0 Å². The molecule has 1 fully saturated rings. The van der Waals surface area contributed by atoms with E-state index >= 15 is 0 Å². The Bertz CT molecular complexity index is 944. The highest BCUT2D eigenvalue weighted by Crippen LogP contribution is 2.30. The van der Waals surface area contributed by atoms with Crippen LogP contribution in [0.3, 0.4) is 0 Å². The Balaban J connectivity index is 1.90. The molecule has 1 aliphatic heterocycles. The second-order valence-electron chi connectivity index (χ2n) is 6.52. The molecule has 1 aliphatic rings. The van der Waals surface area contributed by atoms with Crippen LogP contribution in [-0.2, 0) is 0 Å². The van der Waals surface area contributed by atoms with Crippen LogP contribution in [0.2, 0.25) is 0 Å². The van der Waals surface area contributed by atoms with Crippen LogP contribution in [0.15, 0.2) is 48.5 Å². The van der Waals surface area contributed by atoms with Gasteiger partial charge in [0.15, 0.2) is 0 Å². The van der Waals surface area contributed by atoms with Gasteiger partial charge in [-0.05, 0) is 43.5 Å². The van der Waals surface area contributed by atoms with E-state index in [0.717, 1.165) is 53.7 Å². The van der Waals surface area contributed by atoms with Crippen LogP contribution in [0.5, 0.6) is 0 Å². The third-order valence-electron chi connectivity index (χ3n) is 4.75. The smallest absolute Gasteiger partial charge is 0.254 e. The minimum absolute atomic E-state index is 0.0734. The first kappa shape index (κ1) is 15.8. The summed E-state index contributed by atoms with van der Waals surface area (Å²) >= 11 is 0. The van der Waals surface area contributed by atoms with Crippen LogP contribution >= 0.6 is 0 Å². The predicted octanol–water partition coefficient (Wildman–Crippen LogP) is 4.59. The molecule has 0 unspecified atom stereocenters. The van der Waals surface area contributed by atoms with E-state index in [9.17, 15) is 9.18 Å². The maximum Gasteiger partial charge on any atom is 0.254 e. The number of amides is 1. The molecule has 2 heterocycles. The van der Waals surface area contributed by atoms with Crippen molar-refractivity contribution in [1.82, 2.24) is 9.88 Å². The summed E-state index contributed by atoms with van der Waals surface area (Å²) in [4.78, 5) is 19.5. The summed E-state index contributed by atoms with van der Waals surface area (Å²) in [7, 11) is 0. The van der Waals surface area contributed by atoms with Crippen LogP contribution in [0.4, 0.5) is 4.39 Å². The first-order valence-electron chi connectivity index (χ1n) is 8.59. The van der Waals surface area contributed by atoms with Crippen LogP contribution < -0.4 is 0 Å². The largest absolute Gasteiger partial charge is 0.339 e. The molecular formula is C21H19FN2O. The molecule has 0 atom stereocenters. The number of fused-ring (bicyclic) bond motifs is 1. The molecule has 3 nitrogen and oxygen atoms in total. The molecular weight excluding hydrogens is 315 g/mol. The lowest BCUT2D eigenvalue weighted by atomic mass is 9.98. The van der Waals surface area contributed by atoms with E-state index in [1.54, 1.807) is 12.1 Å². The number of hydrogen-bond donors (Lipinski definition) is 0. The Morgan fingerprint density at radius 1 is 1.08 bits per heavy atom. The summed E-state index contributed by atoms with van der Waals surface area (Å²) in [5.74, 6) is -0.192. The third-order valence-corrected chi connectivity index (χ3v) is 4.75. The number of benzene rings is 2. The van der Waals surface area contributed by atoms with Crippen LogP contribution in [0, 0.1) is 12.7 Å². The Labute approximate surface area is 146 Å². The average molecular weight is 334 g/mol. The van der Waals surface area contributed by atoms with Gasteiger partial charge in [-0.3, -0.25) is 9.78 Å². The highest BCUT2D eigenvalue weighted by atomic mass is 19.1. The van der Waals surface area contributed by atoms with Gasteiger partial charge in [-0.1, -0.05) is 30.3 Å². The van der Waals surface area contributed by atoms with E-state index in [0.29, 0.717) is 5.56 Å². The van der Waals surface area contributed by atoms with Crippen molar-refractivity contribution in [3.63, 3.8) is 0 Å². The molecule has 3 aromatic rings. The summed E-state index contributed by atoms with van der Waals surface area (Å²) in [5, 5.41) is 0.851. The van der Waals surface area contributed by atoms with E-state index in [4.69, 9.17) is 0 Å². The highest BCUT2D eigenvalue weighted by Gasteiger charge is 2.22. The fourth-order valence-corrected chi connectivity index (χ4v) is 3.51. The lowest BCUT2D eigenvalue weighted by molar-refractivity contribution is 0.0794. The normalized spacial score (nSPS) is 14.2. The maximum atomic E-state index is 13.3. The summed E-state index contributed by atoms with van der Waals surface area (Å²) in [6.07, 6.45) is 2.13. The Morgan fingerprint density at radius 2 is 1.80 bits per heavy atom. The zero-order chi connectivity index (χ0) is 17.4. The van der Waals surface area contributed by atoms with Crippen molar-refractivity contribution < 1.29 is 9.18 Å². The van der Waals surface area contributed by atoms with Crippen LogP contribution in [-0.4, -0.2) is 28.9 Å². The van der Waals surface area contributed by atoms with Gasteiger partial charge in [0.1, 0.15) is 5.82 Å². The Morgan fingerprint density at radius 3 is 2.52 bits per heavy atom. The molecule has 2 aromatic carbocycles. The fraction of sp³-hybridized carbons (Fsp3) is 0.238. The number of halogens is 1. The topological polar surface area (TPSA) is 33.2 Å². The van der Waals surface area contributed by atoms with Gasteiger partial charge in [0.25, 0.3) is 5.91 Å². The maximum absolute atomic E-state index is 13.3. The van der Waals surface area contributed by atoms with E-state index in [1.165, 1.54) is 12.1 Å². The molecule has 0 saturated carbocycles. The molecule has 1 aromatic heterocycles. The second-order valence-corrected chi connectivity index (χ2v) is 6.52. The predicted molar refractivity (Wildman–Crippen MR) is 97.0 cm³/mol. The molecule has 126 valence electrons. The minimum Gasteiger partial charge on any atom is -0.339 e. The molecule has 1 saturated heterocycles. The SMILES string of the molecule is Cc1cc(C(=O)N2CCCC2)c2cccc(-c3ccc(F)cc3)c2n1. The molecule has 0 N–H and O–H groups in total.